The molecule has 3 rings (SSSR count). The number of likely N-dealkylation sites (tertiary alicyclic amines) is 1. The first-order valence-electron chi connectivity index (χ1n) is 8.83. The molecule has 0 radical (unpaired) electrons. The lowest BCUT2D eigenvalue weighted by Gasteiger charge is -2.37. The van der Waals surface area contributed by atoms with E-state index in [1.807, 2.05) is 35.8 Å². The van der Waals surface area contributed by atoms with E-state index in [1.54, 1.807) is 0 Å². The van der Waals surface area contributed by atoms with Gasteiger partial charge in [-0.3, -0.25) is 14.5 Å². The molecule has 1 saturated heterocycles. The van der Waals surface area contributed by atoms with E-state index >= 15 is 0 Å². The molecule has 0 aliphatic carbocycles. The maximum Gasteiger partial charge on any atom is 0.320 e. The molecule has 1 amide bonds. The minimum absolute atomic E-state index is 0.137. The molecule has 0 saturated carbocycles. The second-order valence-electron chi connectivity index (χ2n) is 6.96. The number of esters is 1. The maximum atomic E-state index is 13.0. The molecule has 5 nitrogen and oxygen atoms in total. The molecular weight excluding hydrogens is 304 g/mol. The van der Waals surface area contributed by atoms with Crippen LogP contribution in [0.25, 0.3) is 0 Å². The molecule has 5 heteroatoms. The van der Waals surface area contributed by atoms with E-state index in [-0.39, 0.29) is 30.6 Å². The van der Waals surface area contributed by atoms with Crippen LogP contribution in [-0.2, 0) is 27.3 Å². The zero-order valence-electron chi connectivity index (χ0n) is 14.5. The SMILES string of the molecule is CC(C)OC(=O)CN1Cc2ccccc2CC1C(=O)N1CCCC1. The van der Waals surface area contributed by atoms with Crippen LogP contribution in [-0.4, -0.2) is 53.5 Å². The normalized spacial score (nSPS) is 21.0. The van der Waals surface area contributed by atoms with Gasteiger partial charge in [0.05, 0.1) is 18.7 Å². The molecule has 1 fully saturated rings. The minimum atomic E-state index is -0.266. The number of benzene rings is 1. The predicted molar refractivity (Wildman–Crippen MR) is 91.4 cm³/mol. The fourth-order valence-corrected chi connectivity index (χ4v) is 3.60. The Kier molecular flexibility index (Phi) is 5.19. The topological polar surface area (TPSA) is 49.9 Å². The number of carbonyl (C=O) groups is 2. The summed E-state index contributed by atoms with van der Waals surface area (Å²) in [5.41, 5.74) is 2.41. The van der Waals surface area contributed by atoms with Crippen LogP contribution in [0.5, 0.6) is 0 Å². The van der Waals surface area contributed by atoms with Crippen LogP contribution >= 0.6 is 0 Å². The minimum Gasteiger partial charge on any atom is -0.462 e. The van der Waals surface area contributed by atoms with Crippen molar-refractivity contribution in [3.63, 3.8) is 0 Å². The van der Waals surface area contributed by atoms with Crippen LogP contribution in [0.4, 0.5) is 0 Å². The molecule has 0 spiro atoms. The Morgan fingerprint density at radius 3 is 2.50 bits per heavy atom. The molecule has 24 heavy (non-hydrogen) atoms. The van der Waals surface area contributed by atoms with Gasteiger partial charge in [0.15, 0.2) is 0 Å². The van der Waals surface area contributed by atoms with E-state index in [1.165, 1.54) is 11.1 Å². The highest BCUT2D eigenvalue weighted by Gasteiger charge is 2.36. The third-order valence-corrected chi connectivity index (χ3v) is 4.75. The zero-order chi connectivity index (χ0) is 17.1. The number of nitrogens with zero attached hydrogens (tertiary/aromatic N) is 2. The van der Waals surface area contributed by atoms with E-state index in [4.69, 9.17) is 4.74 Å². The lowest BCUT2D eigenvalue weighted by molar-refractivity contribution is -0.151. The molecule has 2 heterocycles. The van der Waals surface area contributed by atoms with Crippen molar-refractivity contribution in [1.82, 2.24) is 9.80 Å². The summed E-state index contributed by atoms with van der Waals surface area (Å²) in [7, 11) is 0. The number of hydrogen-bond donors (Lipinski definition) is 0. The molecular formula is C19H26N2O3. The van der Waals surface area contributed by atoms with Crippen molar-refractivity contribution in [2.24, 2.45) is 0 Å². The van der Waals surface area contributed by atoms with Crippen LogP contribution in [0.3, 0.4) is 0 Å². The van der Waals surface area contributed by atoms with Crippen LogP contribution in [0.2, 0.25) is 0 Å². The maximum absolute atomic E-state index is 13.0. The highest BCUT2D eigenvalue weighted by molar-refractivity contribution is 5.84. The van der Waals surface area contributed by atoms with Crippen LogP contribution in [0.1, 0.15) is 37.8 Å². The standard InChI is InChI=1S/C19H26N2O3/c1-14(2)24-18(22)13-21-12-16-8-4-3-7-15(16)11-17(21)19(23)20-9-5-6-10-20/h3-4,7-8,14,17H,5-6,9-13H2,1-2H3. The number of amides is 1. The van der Waals surface area contributed by atoms with E-state index < -0.39 is 0 Å². The Labute approximate surface area is 143 Å². The summed E-state index contributed by atoms with van der Waals surface area (Å²) in [5.74, 6) is -0.108. The summed E-state index contributed by atoms with van der Waals surface area (Å²) in [6, 6.07) is 7.92. The number of fused-ring (bicyclic) bond motifs is 1. The summed E-state index contributed by atoms with van der Waals surface area (Å²) >= 11 is 0. The first-order valence-corrected chi connectivity index (χ1v) is 8.83. The van der Waals surface area contributed by atoms with Gasteiger partial charge in [-0.15, -0.1) is 0 Å². The van der Waals surface area contributed by atoms with E-state index in [0.717, 1.165) is 25.9 Å². The fourth-order valence-electron chi connectivity index (χ4n) is 3.60. The van der Waals surface area contributed by atoms with Crippen LogP contribution < -0.4 is 0 Å². The van der Waals surface area contributed by atoms with Gasteiger partial charge in [-0.2, -0.15) is 0 Å². The van der Waals surface area contributed by atoms with Crippen molar-refractivity contribution in [2.75, 3.05) is 19.6 Å². The molecule has 2 aliphatic heterocycles. The Balaban J connectivity index is 1.79. The summed E-state index contributed by atoms with van der Waals surface area (Å²) in [6.07, 6.45) is 2.68. The molecule has 1 atom stereocenters. The van der Waals surface area contributed by atoms with Gasteiger partial charge in [0.2, 0.25) is 5.91 Å². The summed E-state index contributed by atoms with van der Waals surface area (Å²) in [6.45, 7) is 6.14. The Hall–Kier alpha value is -1.88. The van der Waals surface area contributed by atoms with Gasteiger partial charge in [-0.25, -0.2) is 0 Å². The number of ether oxygens (including phenoxy) is 1. The second-order valence-corrected chi connectivity index (χ2v) is 6.96. The van der Waals surface area contributed by atoms with Crippen LogP contribution in [0.15, 0.2) is 24.3 Å². The first kappa shape index (κ1) is 17.0. The summed E-state index contributed by atoms with van der Waals surface area (Å²) in [4.78, 5) is 29.0. The van der Waals surface area contributed by atoms with Crippen molar-refractivity contribution in [1.29, 1.82) is 0 Å². The first-order chi connectivity index (χ1) is 11.5. The Morgan fingerprint density at radius 1 is 1.17 bits per heavy atom. The largest absolute Gasteiger partial charge is 0.462 e. The lowest BCUT2D eigenvalue weighted by Crippen LogP contribution is -2.52. The average Bonchev–Trinajstić information content (AvgIpc) is 3.07. The van der Waals surface area contributed by atoms with Crippen molar-refractivity contribution >= 4 is 11.9 Å². The van der Waals surface area contributed by atoms with E-state index in [2.05, 4.69) is 12.1 Å². The lowest BCUT2D eigenvalue weighted by atomic mass is 9.93. The number of hydrogen-bond acceptors (Lipinski definition) is 4. The van der Waals surface area contributed by atoms with Gasteiger partial charge in [0, 0.05) is 19.6 Å². The summed E-state index contributed by atoms with van der Waals surface area (Å²) in [5, 5.41) is 0. The molecule has 0 bridgehead atoms. The van der Waals surface area contributed by atoms with Gasteiger partial charge >= 0.3 is 5.97 Å². The zero-order valence-corrected chi connectivity index (χ0v) is 14.5. The number of carbonyl (C=O) groups excluding carboxylic acids is 2. The molecule has 130 valence electrons. The molecule has 2 aliphatic rings. The van der Waals surface area contributed by atoms with Gasteiger partial charge in [-0.05, 0) is 44.2 Å². The van der Waals surface area contributed by atoms with Crippen molar-refractivity contribution in [3.8, 4) is 0 Å². The fraction of sp³-hybridized carbons (Fsp3) is 0.579. The van der Waals surface area contributed by atoms with Gasteiger partial charge in [-0.1, -0.05) is 24.3 Å². The highest BCUT2D eigenvalue weighted by atomic mass is 16.5. The van der Waals surface area contributed by atoms with Crippen molar-refractivity contribution in [2.45, 2.75) is 51.8 Å². The summed E-state index contributed by atoms with van der Waals surface area (Å²) < 4.78 is 5.29. The highest BCUT2D eigenvalue weighted by Crippen LogP contribution is 2.25. The molecule has 1 aromatic carbocycles. The quantitative estimate of drug-likeness (QED) is 0.792. The Bertz CT molecular complexity index is 608. The molecule has 1 aromatic rings. The van der Waals surface area contributed by atoms with Crippen molar-refractivity contribution in [3.05, 3.63) is 35.4 Å². The molecule has 1 unspecified atom stereocenters. The smallest absolute Gasteiger partial charge is 0.320 e. The second kappa shape index (κ2) is 7.34. The monoisotopic (exact) mass is 330 g/mol. The van der Waals surface area contributed by atoms with Crippen LogP contribution in [0, 0.1) is 0 Å². The van der Waals surface area contributed by atoms with E-state index in [0.29, 0.717) is 13.0 Å². The third-order valence-electron chi connectivity index (χ3n) is 4.75. The third kappa shape index (κ3) is 3.78. The average molecular weight is 330 g/mol. The Morgan fingerprint density at radius 2 is 1.83 bits per heavy atom. The van der Waals surface area contributed by atoms with Gasteiger partial charge in [0.25, 0.3) is 0 Å². The number of rotatable bonds is 4. The predicted octanol–water partition coefficient (Wildman–Crippen LogP) is 1.99. The van der Waals surface area contributed by atoms with Gasteiger partial charge in [0.1, 0.15) is 0 Å². The van der Waals surface area contributed by atoms with Gasteiger partial charge < -0.3 is 9.64 Å². The van der Waals surface area contributed by atoms with E-state index in [9.17, 15) is 9.59 Å². The molecule has 0 aromatic heterocycles. The van der Waals surface area contributed by atoms with Crippen molar-refractivity contribution < 1.29 is 14.3 Å². The molecule has 0 N–H and O–H groups in total.